The molecule has 0 unspecified atom stereocenters. The van der Waals surface area contributed by atoms with Gasteiger partial charge in [-0.1, -0.05) is 13.8 Å². The number of carbonyl (C=O) groups excluding carboxylic acids is 1. The lowest BCUT2D eigenvalue weighted by Gasteiger charge is -2.47. The Hall–Kier alpha value is -0.610. The van der Waals surface area contributed by atoms with E-state index >= 15 is 0 Å². The van der Waals surface area contributed by atoms with E-state index < -0.39 is 0 Å². The molecule has 2 fully saturated rings. The third-order valence-corrected chi connectivity index (χ3v) is 3.23. The smallest absolute Gasteiger partial charge is 0.225 e. The topological polar surface area (TPSA) is 32.8 Å². The van der Waals surface area contributed by atoms with Crippen LogP contribution in [-0.2, 0) is 9.53 Å². The van der Waals surface area contributed by atoms with Crippen molar-refractivity contribution in [2.75, 3.05) is 39.4 Å². The summed E-state index contributed by atoms with van der Waals surface area (Å²) < 4.78 is 5.31. The first kappa shape index (κ1) is 10.9. The van der Waals surface area contributed by atoms with Crippen LogP contribution in [0, 0.1) is 5.92 Å². The monoisotopic (exact) mass is 212 g/mol. The van der Waals surface area contributed by atoms with Crippen LogP contribution >= 0.6 is 0 Å². The summed E-state index contributed by atoms with van der Waals surface area (Å²) in [7, 11) is 0. The summed E-state index contributed by atoms with van der Waals surface area (Å²) in [6, 6.07) is 0.580. The molecule has 0 atom stereocenters. The Balaban J connectivity index is 1.75. The highest BCUT2D eigenvalue weighted by Gasteiger charge is 2.35. The molecule has 4 heteroatoms. The van der Waals surface area contributed by atoms with Crippen molar-refractivity contribution in [3.05, 3.63) is 0 Å². The summed E-state index contributed by atoms with van der Waals surface area (Å²) in [5, 5.41) is 0. The Labute approximate surface area is 91.2 Å². The van der Waals surface area contributed by atoms with Gasteiger partial charge in [-0.3, -0.25) is 9.69 Å². The van der Waals surface area contributed by atoms with Crippen LogP contribution in [0.15, 0.2) is 0 Å². The number of ether oxygens (including phenoxy) is 1. The molecule has 0 aromatic rings. The van der Waals surface area contributed by atoms with Gasteiger partial charge in [0.25, 0.3) is 0 Å². The number of likely N-dealkylation sites (tertiary alicyclic amines) is 1. The van der Waals surface area contributed by atoms with Gasteiger partial charge in [0.1, 0.15) is 0 Å². The molecule has 0 saturated carbocycles. The number of hydrogen-bond donors (Lipinski definition) is 0. The maximum atomic E-state index is 11.6. The van der Waals surface area contributed by atoms with E-state index in [-0.39, 0.29) is 5.92 Å². The van der Waals surface area contributed by atoms with E-state index in [1.807, 2.05) is 18.7 Å². The molecule has 0 N–H and O–H groups in total. The molecule has 0 radical (unpaired) electrons. The summed E-state index contributed by atoms with van der Waals surface area (Å²) in [5.41, 5.74) is 0. The van der Waals surface area contributed by atoms with Crippen LogP contribution in [0.1, 0.15) is 13.8 Å². The van der Waals surface area contributed by atoms with Gasteiger partial charge in [0.05, 0.1) is 13.2 Å². The molecule has 86 valence electrons. The average molecular weight is 212 g/mol. The number of morpholine rings is 1. The Morgan fingerprint density at radius 3 is 2.40 bits per heavy atom. The Bertz CT molecular complexity index is 231. The summed E-state index contributed by atoms with van der Waals surface area (Å²) in [6.07, 6.45) is 0. The number of nitrogens with zero attached hydrogens (tertiary/aromatic N) is 2. The predicted octanol–water partition coefficient (Wildman–Crippen LogP) is 0.185. The number of rotatable bonds is 2. The van der Waals surface area contributed by atoms with Gasteiger partial charge in [0.2, 0.25) is 5.91 Å². The fourth-order valence-corrected chi connectivity index (χ4v) is 2.17. The molecular weight excluding hydrogens is 192 g/mol. The fraction of sp³-hybridized carbons (Fsp3) is 0.909. The Morgan fingerprint density at radius 1 is 1.27 bits per heavy atom. The molecular formula is C11H20N2O2. The zero-order valence-electron chi connectivity index (χ0n) is 9.61. The van der Waals surface area contributed by atoms with E-state index in [4.69, 9.17) is 4.74 Å². The lowest BCUT2D eigenvalue weighted by Crippen LogP contribution is -2.63. The highest BCUT2D eigenvalue weighted by Crippen LogP contribution is 2.18. The second-order valence-corrected chi connectivity index (χ2v) is 4.70. The van der Waals surface area contributed by atoms with Crippen LogP contribution in [0.2, 0.25) is 0 Å². The van der Waals surface area contributed by atoms with Crippen LogP contribution in [0.5, 0.6) is 0 Å². The normalized spacial score (nSPS) is 24.3. The highest BCUT2D eigenvalue weighted by atomic mass is 16.5. The zero-order valence-corrected chi connectivity index (χ0v) is 9.61. The largest absolute Gasteiger partial charge is 0.379 e. The number of amides is 1. The van der Waals surface area contributed by atoms with E-state index in [0.717, 1.165) is 39.4 Å². The molecule has 0 aromatic heterocycles. The van der Waals surface area contributed by atoms with Crippen molar-refractivity contribution in [1.29, 1.82) is 0 Å². The molecule has 0 aliphatic carbocycles. The van der Waals surface area contributed by atoms with Crippen molar-refractivity contribution >= 4 is 5.91 Å². The number of hydrogen-bond acceptors (Lipinski definition) is 3. The van der Waals surface area contributed by atoms with Crippen LogP contribution < -0.4 is 0 Å². The Kier molecular flexibility index (Phi) is 3.26. The van der Waals surface area contributed by atoms with Crippen molar-refractivity contribution in [2.24, 2.45) is 5.92 Å². The van der Waals surface area contributed by atoms with E-state index in [9.17, 15) is 4.79 Å². The lowest BCUT2D eigenvalue weighted by molar-refractivity contribution is -0.143. The second kappa shape index (κ2) is 4.49. The van der Waals surface area contributed by atoms with Crippen LogP contribution in [0.3, 0.4) is 0 Å². The first-order valence-corrected chi connectivity index (χ1v) is 5.79. The number of carbonyl (C=O) groups is 1. The molecule has 0 bridgehead atoms. The van der Waals surface area contributed by atoms with Crippen molar-refractivity contribution in [3.63, 3.8) is 0 Å². The van der Waals surface area contributed by atoms with Crippen molar-refractivity contribution in [3.8, 4) is 0 Å². The maximum absolute atomic E-state index is 11.6. The fourth-order valence-electron chi connectivity index (χ4n) is 2.17. The zero-order chi connectivity index (χ0) is 10.8. The molecule has 0 aromatic carbocycles. The van der Waals surface area contributed by atoms with Gasteiger partial charge in [-0.25, -0.2) is 0 Å². The predicted molar refractivity (Wildman–Crippen MR) is 57.6 cm³/mol. The molecule has 4 nitrogen and oxygen atoms in total. The second-order valence-electron chi connectivity index (χ2n) is 4.70. The van der Waals surface area contributed by atoms with Crippen molar-refractivity contribution in [2.45, 2.75) is 19.9 Å². The maximum Gasteiger partial charge on any atom is 0.225 e. The minimum absolute atomic E-state index is 0.135. The van der Waals surface area contributed by atoms with Gasteiger partial charge in [0, 0.05) is 38.1 Å². The van der Waals surface area contributed by atoms with Crippen LogP contribution in [0.25, 0.3) is 0 Å². The molecule has 2 aliphatic rings. The van der Waals surface area contributed by atoms with Crippen LogP contribution in [0.4, 0.5) is 0 Å². The highest BCUT2D eigenvalue weighted by molar-refractivity contribution is 5.79. The Morgan fingerprint density at radius 2 is 1.87 bits per heavy atom. The molecule has 2 aliphatic heterocycles. The SMILES string of the molecule is CC(C)C(=O)N1CC(N2CCOCC2)C1. The minimum Gasteiger partial charge on any atom is -0.379 e. The van der Waals surface area contributed by atoms with Crippen molar-refractivity contribution in [1.82, 2.24) is 9.80 Å². The molecule has 2 heterocycles. The third kappa shape index (κ3) is 2.32. The summed E-state index contributed by atoms with van der Waals surface area (Å²) >= 11 is 0. The minimum atomic E-state index is 0.135. The molecule has 1 amide bonds. The molecule has 2 saturated heterocycles. The van der Waals surface area contributed by atoms with Gasteiger partial charge in [-0.15, -0.1) is 0 Å². The van der Waals surface area contributed by atoms with Crippen molar-refractivity contribution < 1.29 is 9.53 Å². The molecule has 15 heavy (non-hydrogen) atoms. The van der Waals surface area contributed by atoms with E-state index in [1.165, 1.54) is 0 Å². The standard InChI is InChI=1S/C11H20N2O2/c1-9(2)11(14)13-7-10(8-13)12-3-5-15-6-4-12/h9-10H,3-8H2,1-2H3. The molecule has 0 spiro atoms. The van der Waals surface area contributed by atoms with E-state index in [2.05, 4.69) is 4.90 Å². The van der Waals surface area contributed by atoms with Gasteiger partial charge < -0.3 is 9.64 Å². The average Bonchev–Trinajstić information content (AvgIpc) is 2.17. The van der Waals surface area contributed by atoms with Gasteiger partial charge in [-0.2, -0.15) is 0 Å². The molecule has 2 rings (SSSR count). The van der Waals surface area contributed by atoms with Gasteiger partial charge in [-0.05, 0) is 0 Å². The van der Waals surface area contributed by atoms with E-state index in [1.54, 1.807) is 0 Å². The first-order chi connectivity index (χ1) is 7.18. The van der Waals surface area contributed by atoms with Gasteiger partial charge >= 0.3 is 0 Å². The third-order valence-electron chi connectivity index (χ3n) is 3.23. The summed E-state index contributed by atoms with van der Waals surface area (Å²) in [5.74, 6) is 0.426. The quantitative estimate of drug-likeness (QED) is 0.655. The first-order valence-electron chi connectivity index (χ1n) is 5.79. The van der Waals surface area contributed by atoms with E-state index in [0.29, 0.717) is 11.9 Å². The summed E-state index contributed by atoms with van der Waals surface area (Å²) in [6.45, 7) is 9.48. The summed E-state index contributed by atoms with van der Waals surface area (Å²) in [4.78, 5) is 16.0. The lowest BCUT2D eigenvalue weighted by atomic mass is 10.0. The van der Waals surface area contributed by atoms with Crippen LogP contribution in [-0.4, -0.2) is 61.1 Å². The van der Waals surface area contributed by atoms with Gasteiger partial charge in [0.15, 0.2) is 0 Å².